The summed E-state index contributed by atoms with van der Waals surface area (Å²) in [6.45, 7) is 0.425. The first-order valence-corrected chi connectivity index (χ1v) is 10.5. The summed E-state index contributed by atoms with van der Waals surface area (Å²) in [7, 11) is -3.75. The molecule has 3 aromatic rings. The Hall–Kier alpha value is -3.46. The number of carbonyl (C=O) groups is 1. The van der Waals surface area contributed by atoms with Crippen molar-refractivity contribution in [2.45, 2.75) is 17.7 Å². The van der Waals surface area contributed by atoms with E-state index in [0.717, 1.165) is 18.4 Å². The Labute approximate surface area is 168 Å². The summed E-state index contributed by atoms with van der Waals surface area (Å²) in [6, 6.07) is 13.9. The van der Waals surface area contributed by atoms with Crippen molar-refractivity contribution in [2.75, 3.05) is 16.2 Å². The van der Waals surface area contributed by atoms with E-state index in [2.05, 4.69) is 15.3 Å². The molecule has 9 heteroatoms. The van der Waals surface area contributed by atoms with Gasteiger partial charge in [0.05, 0.1) is 10.6 Å². The first kappa shape index (κ1) is 18.9. The second-order valence-electron chi connectivity index (χ2n) is 6.61. The Morgan fingerprint density at radius 1 is 1.14 bits per heavy atom. The van der Waals surface area contributed by atoms with Crippen molar-refractivity contribution in [3.63, 3.8) is 0 Å². The number of aryl methyl sites for hydroxylation is 1. The van der Waals surface area contributed by atoms with Gasteiger partial charge in [0, 0.05) is 18.4 Å². The zero-order chi connectivity index (χ0) is 20.4. The number of primary amides is 1. The molecule has 0 saturated heterocycles. The summed E-state index contributed by atoms with van der Waals surface area (Å²) in [5.74, 6) is -0.466. The van der Waals surface area contributed by atoms with Gasteiger partial charge in [-0.15, -0.1) is 0 Å². The minimum Gasteiger partial charge on any atom is -0.365 e. The fraction of sp³-hybridized carbons (Fsp3) is 0.150. The van der Waals surface area contributed by atoms with Crippen LogP contribution in [-0.2, 0) is 16.4 Å². The lowest BCUT2D eigenvalue weighted by molar-refractivity contribution is 0.100. The first-order valence-electron chi connectivity index (χ1n) is 9.04. The number of nitrogens with two attached hydrogens (primary N) is 1. The molecule has 0 fully saturated rings. The lowest BCUT2D eigenvalue weighted by Gasteiger charge is -2.30. The lowest BCUT2D eigenvalue weighted by Crippen LogP contribution is -2.35. The van der Waals surface area contributed by atoms with Crippen molar-refractivity contribution >= 4 is 33.1 Å². The minimum atomic E-state index is -3.75. The van der Waals surface area contributed by atoms with E-state index >= 15 is 0 Å². The van der Waals surface area contributed by atoms with Crippen molar-refractivity contribution in [1.82, 2.24) is 9.97 Å². The largest absolute Gasteiger partial charge is 0.365 e. The van der Waals surface area contributed by atoms with Crippen LogP contribution in [0.15, 0.2) is 66.0 Å². The van der Waals surface area contributed by atoms with Crippen molar-refractivity contribution < 1.29 is 13.2 Å². The molecular formula is C20H19N5O3S. The number of benzene rings is 2. The molecule has 0 spiro atoms. The molecule has 2 aromatic carbocycles. The van der Waals surface area contributed by atoms with Crippen LogP contribution in [0.1, 0.15) is 22.3 Å². The van der Waals surface area contributed by atoms with Gasteiger partial charge in [0.25, 0.3) is 15.9 Å². The fourth-order valence-corrected chi connectivity index (χ4v) is 4.94. The average Bonchev–Trinajstić information content (AvgIpc) is 2.74. The molecule has 1 aliphatic rings. The molecule has 148 valence electrons. The normalized spacial score (nSPS) is 13.6. The molecule has 8 nitrogen and oxygen atoms in total. The number of para-hydroxylation sites is 1. The number of nitrogens with zero attached hydrogens (tertiary/aromatic N) is 3. The molecule has 29 heavy (non-hydrogen) atoms. The molecule has 1 aliphatic heterocycles. The summed E-state index contributed by atoms with van der Waals surface area (Å²) < 4.78 is 28.1. The van der Waals surface area contributed by atoms with Gasteiger partial charge in [0.1, 0.15) is 17.7 Å². The van der Waals surface area contributed by atoms with Gasteiger partial charge >= 0.3 is 0 Å². The van der Waals surface area contributed by atoms with Gasteiger partial charge in [-0.3, -0.25) is 9.10 Å². The summed E-state index contributed by atoms with van der Waals surface area (Å²) in [5, 5.41) is 2.95. The average molecular weight is 409 g/mol. The highest BCUT2D eigenvalue weighted by molar-refractivity contribution is 7.92. The number of aromatic nitrogens is 2. The third-order valence-electron chi connectivity index (χ3n) is 4.73. The van der Waals surface area contributed by atoms with E-state index in [1.54, 1.807) is 18.2 Å². The highest BCUT2D eigenvalue weighted by atomic mass is 32.2. The number of anilines is 3. The maximum atomic E-state index is 13.3. The molecule has 0 unspecified atom stereocenters. The van der Waals surface area contributed by atoms with Crippen molar-refractivity contribution in [2.24, 2.45) is 5.73 Å². The Morgan fingerprint density at radius 3 is 2.79 bits per heavy atom. The van der Waals surface area contributed by atoms with Crippen LogP contribution in [0, 0.1) is 0 Å². The monoisotopic (exact) mass is 409 g/mol. The van der Waals surface area contributed by atoms with Gasteiger partial charge in [-0.05, 0) is 42.7 Å². The number of fused-ring (bicyclic) bond motifs is 1. The molecule has 0 radical (unpaired) electrons. The summed E-state index contributed by atoms with van der Waals surface area (Å²) in [5.41, 5.74) is 7.66. The summed E-state index contributed by atoms with van der Waals surface area (Å²) in [4.78, 5) is 19.5. The predicted molar refractivity (Wildman–Crippen MR) is 110 cm³/mol. The van der Waals surface area contributed by atoms with Gasteiger partial charge in [0.2, 0.25) is 0 Å². The molecule has 3 N–H and O–H groups in total. The van der Waals surface area contributed by atoms with Gasteiger partial charge in [-0.25, -0.2) is 18.4 Å². The number of rotatable bonds is 5. The van der Waals surface area contributed by atoms with Crippen LogP contribution in [0.5, 0.6) is 0 Å². The van der Waals surface area contributed by atoms with Crippen LogP contribution >= 0.6 is 0 Å². The molecule has 2 heterocycles. The van der Waals surface area contributed by atoms with Gasteiger partial charge in [-0.2, -0.15) is 0 Å². The number of carbonyl (C=O) groups excluding carboxylic acids is 1. The molecular weight excluding hydrogens is 390 g/mol. The highest BCUT2D eigenvalue weighted by Crippen LogP contribution is 2.32. The van der Waals surface area contributed by atoms with Crippen LogP contribution < -0.4 is 15.4 Å². The van der Waals surface area contributed by atoms with E-state index in [9.17, 15) is 13.2 Å². The second kappa shape index (κ2) is 7.51. The molecule has 4 rings (SSSR count). The zero-order valence-electron chi connectivity index (χ0n) is 15.4. The van der Waals surface area contributed by atoms with Crippen LogP contribution in [0.2, 0.25) is 0 Å². The van der Waals surface area contributed by atoms with E-state index in [-0.39, 0.29) is 16.3 Å². The molecule has 0 bridgehead atoms. The summed E-state index contributed by atoms with van der Waals surface area (Å²) >= 11 is 0. The maximum Gasteiger partial charge on any atom is 0.264 e. The predicted octanol–water partition coefficient (Wildman–Crippen LogP) is 2.46. The van der Waals surface area contributed by atoms with Crippen LogP contribution in [-0.4, -0.2) is 30.8 Å². The maximum absolute atomic E-state index is 13.3. The Kier molecular flexibility index (Phi) is 4.89. The van der Waals surface area contributed by atoms with Crippen molar-refractivity contribution in [3.8, 4) is 0 Å². The van der Waals surface area contributed by atoms with E-state index in [1.807, 2.05) is 24.3 Å². The van der Waals surface area contributed by atoms with E-state index in [1.165, 1.54) is 22.9 Å². The van der Waals surface area contributed by atoms with E-state index < -0.39 is 15.9 Å². The topological polar surface area (TPSA) is 118 Å². The smallest absolute Gasteiger partial charge is 0.264 e. The number of sulfonamides is 1. The fourth-order valence-electron chi connectivity index (χ4n) is 3.36. The Bertz CT molecular complexity index is 1180. The minimum absolute atomic E-state index is 0.116. The van der Waals surface area contributed by atoms with E-state index in [4.69, 9.17) is 5.73 Å². The molecule has 0 saturated carbocycles. The van der Waals surface area contributed by atoms with Crippen molar-refractivity contribution in [1.29, 1.82) is 0 Å². The third kappa shape index (κ3) is 3.64. The standard InChI is InChI=1S/C20H19N5O3S/c21-19(26)17-12-22-13-23-20(17)24-15-7-3-8-16(11-15)29(27,28)25-10-4-6-14-5-1-2-9-18(14)25/h1-3,5,7-9,11-13H,4,6,10H2,(H2,21,26)(H,22,23,24). The highest BCUT2D eigenvalue weighted by Gasteiger charge is 2.29. The van der Waals surface area contributed by atoms with Crippen LogP contribution in [0.25, 0.3) is 0 Å². The second-order valence-corrected chi connectivity index (χ2v) is 8.47. The van der Waals surface area contributed by atoms with E-state index in [0.29, 0.717) is 17.9 Å². The van der Waals surface area contributed by atoms with Crippen LogP contribution in [0.4, 0.5) is 17.2 Å². The third-order valence-corrected chi connectivity index (χ3v) is 6.54. The Morgan fingerprint density at radius 2 is 1.97 bits per heavy atom. The molecule has 1 aromatic heterocycles. The van der Waals surface area contributed by atoms with Gasteiger partial charge in [0.15, 0.2) is 0 Å². The van der Waals surface area contributed by atoms with Gasteiger partial charge < -0.3 is 11.1 Å². The zero-order valence-corrected chi connectivity index (χ0v) is 16.3. The van der Waals surface area contributed by atoms with Gasteiger partial charge in [-0.1, -0.05) is 24.3 Å². The lowest BCUT2D eigenvalue weighted by atomic mass is 10.0. The molecule has 1 amide bonds. The number of nitrogens with one attached hydrogen (secondary N) is 1. The Balaban J connectivity index is 1.69. The number of amides is 1. The SMILES string of the molecule is NC(=O)c1cncnc1Nc1cccc(S(=O)(=O)N2CCCc3ccccc32)c1. The number of hydrogen-bond donors (Lipinski definition) is 2. The molecule has 0 aliphatic carbocycles. The van der Waals surface area contributed by atoms with Crippen molar-refractivity contribution in [3.05, 3.63) is 72.2 Å². The number of hydrogen-bond acceptors (Lipinski definition) is 6. The summed E-state index contributed by atoms with van der Waals surface area (Å²) in [6.07, 6.45) is 4.20. The first-order chi connectivity index (χ1) is 14.0. The molecule has 0 atom stereocenters. The quantitative estimate of drug-likeness (QED) is 0.668. The van der Waals surface area contributed by atoms with Crippen LogP contribution in [0.3, 0.4) is 0 Å².